The average Bonchev–Trinajstić information content (AvgIpc) is 2.11. The van der Waals surface area contributed by atoms with E-state index in [0.717, 1.165) is 5.56 Å². The summed E-state index contributed by atoms with van der Waals surface area (Å²) in [4.78, 5) is 0. The predicted molar refractivity (Wildman–Crippen MR) is 57.7 cm³/mol. The molecule has 1 aromatic rings. The van der Waals surface area contributed by atoms with Gasteiger partial charge in [0.2, 0.25) is 0 Å². The highest BCUT2D eigenvalue weighted by Crippen LogP contribution is 2.34. The molecule has 13 heavy (non-hydrogen) atoms. The first-order valence-electron chi connectivity index (χ1n) is 3.93. The minimum absolute atomic E-state index is 0.518. The third-order valence-corrected chi connectivity index (χ3v) is 2.11. The molecule has 0 bridgehead atoms. The van der Waals surface area contributed by atoms with E-state index in [0.29, 0.717) is 22.4 Å². The summed E-state index contributed by atoms with van der Waals surface area (Å²) in [6, 6.07) is 3.54. The van der Waals surface area contributed by atoms with E-state index in [9.17, 15) is 0 Å². The van der Waals surface area contributed by atoms with Crippen molar-refractivity contribution in [3.8, 4) is 5.75 Å². The first-order valence-corrected chi connectivity index (χ1v) is 4.69. The molecule has 3 heteroatoms. The van der Waals surface area contributed by atoms with Crippen LogP contribution in [0.15, 0.2) is 18.7 Å². The Morgan fingerprint density at radius 1 is 1.38 bits per heavy atom. The highest BCUT2D eigenvalue weighted by atomic mass is 35.5. The smallest absolute Gasteiger partial charge is 0.156 e. The van der Waals surface area contributed by atoms with Gasteiger partial charge in [-0.1, -0.05) is 35.9 Å². The molecule has 0 radical (unpaired) electrons. The quantitative estimate of drug-likeness (QED) is 0.742. The summed E-state index contributed by atoms with van der Waals surface area (Å²) in [6.07, 6.45) is 1.69. The van der Waals surface area contributed by atoms with E-state index in [1.807, 2.05) is 6.92 Å². The number of halogens is 2. The summed E-state index contributed by atoms with van der Waals surface area (Å²) in [5.74, 6) is 0.538. The molecule has 0 aliphatic carbocycles. The minimum atomic E-state index is 0.518. The molecule has 0 saturated heterocycles. The zero-order valence-corrected chi connectivity index (χ0v) is 8.82. The van der Waals surface area contributed by atoms with Crippen molar-refractivity contribution in [3.63, 3.8) is 0 Å². The van der Waals surface area contributed by atoms with Gasteiger partial charge < -0.3 is 4.74 Å². The van der Waals surface area contributed by atoms with E-state index in [-0.39, 0.29) is 0 Å². The predicted octanol–water partition coefficient (Wildman–Crippen LogP) is 4.04. The van der Waals surface area contributed by atoms with Gasteiger partial charge in [-0.3, -0.25) is 0 Å². The molecule has 1 rings (SSSR count). The van der Waals surface area contributed by atoms with Crippen LogP contribution in [-0.4, -0.2) is 6.61 Å². The Balaban J connectivity index is 3.14. The molecule has 0 saturated carbocycles. The molecular weight excluding hydrogens is 207 g/mol. The second-order valence-corrected chi connectivity index (χ2v) is 3.27. The SMILES string of the molecule is C=Cc1cc(Cl)c(OCC)c(Cl)c1. The van der Waals surface area contributed by atoms with E-state index in [2.05, 4.69) is 6.58 Å². The van der Waals surface area contributed by atoms with E-state index >= 15 is 0 Å². The lowest BCUT2D eigenvalue weighted by atomic mass is 10.2. The van der Waals surface area contributed by atoms with Crippen molar-refractivity contribution in [1.82, 2.24) is 0 Å². The van der Waals surface area contributed by atoms with E-state index < -0.39 is 0 Å². The third kappa shape index (κ3) is 2.39. The first-order chi connectivity index (χ1) is 6.19. The van der Waals surface area contributed by atoms with Crippen LogP contribution in [0.25, 0.3) is 6.08 Å². The molecule has 1 aromatic carbocycles. The van der Waals surface area contributed by atoms with Crippen molar-refractivity contribution < 1.29 is 4.74 Å². The molecule has 0 atom stereocenters. The lowest BCUT2D eigenvalue weighted by molar-refractivity contribution is 0.340. The lowest BCUT2D eigenvalue weighted by Gasteiger charge is -2.08. The molecule has 0 aliphatic heterocycles. The Labute approximate surface area is 87.9 Å². The molecule has 0 amide bonds. The Hall–Kier alpha value is -0.660. The second-order valence-electron chi connectivity index (χ2n) is 2.45. The average molecular weight is 217 g/mol. The van der Waals surface area contributed by atoms with Crippen molar-refractivity contribution in [2.75, 3.05) is 6.61 Å². The lowest BCUT2D eigenvalue weighted by Crippen LogP contribution is -1.93. The van der Waals surface area contributed by atoms with Crippen molar-refractivity contribution >= 4 is 29.3 Å². The van der Waals surface area contributed by atoms with Gasteiger partial charge in [0.15, 0.2) is 5.75 Å². The Morgan fingerprint density at radius 3 is 2.31 bits per heavy atom. The summed E-state index contributed by atoms with van der Waals surface area (Å²) in [6.45, 7) is 6.06. The molecule has 0 N–H and O–H groups in total. The zero-order chi connectivity index (χ0) is 9.84. The van der Waals surface area contributed by atoms with Gasteiger partial charge in [0.1, 0.15) is 0 Å². The number of hydrogen-bond acceptors (Lipinski definition) is 1. The van der Waals surface area contributed by atoms with E-state index in [1.165, 1.54) is 0 Å². The summed E-state index contributed by atoms with van der Waals surface area (Å²) in [5, 5.41) is 1.04. The second kappa shape index (κ2) is 4.54. The van der Waals surface area contributed by atoms with Gasteiger partial charge in [-0.05, 0) is 24.6 Å². The summed E-state index contributed by atoms with van der Waals surface area (Å²) < 4.78 is 5.27. The molecule has 70 valence electrons. The van der Waals surface area contributed by atoms with Crippen molar-refractivity contribution in [3.05, 3.63) is 34.3 Å². The standard InChI is InChI=1S/C10H10Cl2O/c1-3-7-5-8(11)10(13-4-2)9(12)6-7/h3,5-6H,1,4H2,2H3. The number of rotatable bonds is 3. The highest BCUT2D eigenvalue weighted by molar-refractivity contribution is 6.37. The van der Waals surface area contributed by atoms with Crippen LogP contribution in [0, 0.1) is 0 Å². The van der Waals surface area contributed by atoms with Crippen LogP contribution >= 0.6 is 23.2 Å². The first kappa shape index (κ1) is 10.4. The van der Waals surface area contributed by atoms with Gasteiger partial charge in [-0.15, -0.1) is 0 Å². The Bertz CT molecular complexity index is 298. The fourth-order valence-corrected chi connectivity index (χ4v) is 1.59. The summed E-state index contributed by atoms with van der Waals surface area (Å²) >= 11 is 11.9. The van der Waals surface area contributed by atoms with Gasteiger partial charge in [-0.2, -0.15) is 0 Å². The molecule has 0 heterocycles. The molecule has 0 fully saturated rings. The van der Waals surface area contributed by atoms with Crippen molar-refractivity contribution in [2.45, 2.75) is 6.92 Å². The van der Waals surface area contributed by atoms with Gasteiger partial charge >= 0.3 is 0 Å². The van der Waals surface area contributed by atoms with Gasteiger partial charge in [-0.25, -0.2) is 0 Å². The molecular formula is C10H10Cl2O. The zero-order valence-electron chi connectivity index (χ0n) is 7.31. The molecule has 1 nitrogen and oxygen atoms in total. The fourth-order valence-electron chi connectivity index (χ4n) is 0.980. The van der Waals surface area contributed by atoms with Crippen molar-refractivity contribution in [1.29, 1.82) is 0 Å². The van der Waals surface area contributed by atoms with E-state index in [4.69, 9.17) is 27.9 Å². The van der Waals surface area contributed by atoms with Crippen LogP contribution in [0.5, 0.6) is 5.75 Å². The van der Waals surface area contributed by atoms with Crippen LogP contribution < -0.4 is 4.74 Å². The highest BCUT2D eigenvalue weighted by Gasteiger charge is 2.07. The van der Waals surface area contributed by atoms with Crippen LogP contribution in [0.1, 0.15) is 12.5 Å². The van der Waals surface area contributed by atoms with E-state index in [1.54, 1.807) is 18.2 Å². The maximum atomic E-state index is 5.93. The van der Waals surface area contributed by atoms with Crippen LogP contribution in [0.4, 0.5) is 0 Å². The van der Waals surface area contributed by atoms with Gasteiger partial charge in [0.05, 0.1) is 16.7 Å². The molecule has 0 spiro atoms. The monoisotopic (exact) mass is 216 g/mol. The number of benzene rings is 1. The van der Waals surface area contributed by atoms with Crippen LogP contribution in [0.3, 0.4) is 0 Å². The van der Waals surface area contributed by atoms with Gasteiger partial charge in [0, 0.05) is 0 Å². The van der Waals surface area contributed by atoms with Crippen molar-refractivity contribution in [2.24, 2.45) is 0 Å². The minimum Gasteiger partial charge on any atom is -0.491 e. The topological polar surface area (TPSA) is 9.23 Å². The van der Waals surface area contributed by atoms with Crippen LogP contribution in [0.2, 0.25) is 10.0 Å². The largest absolute Gasteiger partial charge is 0.491 e. The maximum absolute atomic E-state index is 5.93. The fraction of sp³-hybridized carbons (Fsp3) is 0.200. The Kier molecular flexibility index (Phi) is 3.64. The molecule has 0 aliphatic rings. The third-order valence-electron chi connectivity index (χ3n) is 1.54. The maximum Gasteiger partial charge on any atom is 0.156 e. The number of ether oxygens (including phenoxy) is 1. The van der Waals surface area contributed by atoms with Gasteiger partial charge in [0.25, 0.3) is 0 Å². The Morgan fingerprint density at radius 2 is 1.92 bits per heavy atom. The normalized spacial score (nSPS) is 9.77. The summed E-state index contributed by atoms with van der Waals surface area (Å²) in [5.41, 5.74) is 0.887. The van der Waals surface area contributed by atoms with Crippen LogP contribution in [-0.2, 0) is 0 Å². The molecule has 0 unspecified atom stereocenters. The number of hydrogen-bond donors (Lipinski definition) is 0. The molecule has 0 aromatic heterocycles. The summed E-state index contributed by atoms with van der Waals surface area (Å²) in [7, 11) is 0.